The maximum absolute atomic E-state index is 12.3. The number of nitrogens with one attached hydrogen (secondary N) is 1. The van der Waals surface area contributed by atoms with Gasteiger partial charge in [0.2, 0.25) is 0 Å². The summed E-state index contributed by atoms with van der Waals surface area (Å²) in [5, 5.41) is 2.70. The van der Waals surface area contributed by atoms with Crippen LogP contribution in [-0.4, -0.2) is 7.05 Å². The summed E-state index contributed by atoms with van der Waals surface area (Å²) in [5.74, 6) is 0. The molecule has 0 amide bonds. The molecule has 1 aromatic carbocycles. The van der Waals surface area contributed by atoms with Gasteiger partial charge in [0.1, 0.15) is 0 Å². The fraction of sp³-hybridized carbons (Fsp3) is 0.455. The minimum Gasteiger partial charge on any atom is -0.316 e. The van der Waals surface area contributed by atoms with Gasteiger partial charge >= 0.3 is 6.18 Å². The van der Waals surface area contributed by atoms with E-state index in [2.05, 4.69) is 5.32 Å². The quantitative estimate of drug-likeness (QED) is 0.803. The Balaban J connectivity index is 0.000000921. The number of halogens is 3. The van der Waals surface area contributed by atoms with Crippen LogP contribution >= 0.6 is 0 Å². The Labute approximate surface area is 88.3 Å². The molecule has 0 aliphatic heterocycles. The maximum atomic E-state index is 12.3. The fourth-order valence-electron chi connectivity index (χ4n) is 1.14. The lowest BCUT2D eigenvalue weighted by Gasteiger charge is -2.11. The predicted octanol–water partition coefficient (Wildman–Crippen LogP) is 3.45. The zero-order chi connectivity index (χ0) is 11.9. The van der Waals surface area contributed by atoms with Gasteiger partial charge in [-0.3, -0.25) is 0 Å². The number of benzene rings is 1. The van der Waals surface area contributed by atoms with E-state index in [0.717, 1.165) is 6.07 Å². The zero-order valence-corrected chi connectivity index (χ0v) is 9.15. The number of alkyl halides is 3. The SMILES string of the molecule is CC.CNCc1ccccc1C(F)(F)F. The van der Waals surface area contributed by atoms with Gasteiger partial charge in [-0.15, -0.1) is 0 Å². The van der Waals surface area contributed by atoms with Crippen molar-refractivity contribution in [3.05, 3.63) is 35.4 Å². The topological polar surface area (TPSA) is 12.0 Å². The molecule has 0 heterocycles. The molecule has 1 rings (SSSR count). The van der Waals surface area contributed by atoms with Crippen molar-refractivity contribution in [2.75, 3.05) is 7.05 Å². The Morgan fingerprint density at radius 1 is 1.13 bits per heavy atom. The highest BCUT2D eigenvalue weighted by Crippen LogP contribution is 2.31. The molecule has 0 aliphatic rings. The van der Waals surface area contributed by atoms with Crippen molar-refractivity contribution in [2.45, 2.75) is 26.6 Å². The Hall–Kier alpha value is -1.03. The van der Waals surface area contributed by atoms with Crippen molar-refractivity contribution >= 4 is 0 Å². The maximum Gasteiger partial charge on any atom is 0.416 e. The van der Waals surface area contributed by atoms with Crippen molar-refractivity contribution in [3.8, 4) is 0 Å². The molecular formula is C11H16F3N. The zero-order valence-electron chi connectivity index (χ0n) is 9.15. The third-order valence-corrected chi connectivity index (χ3v) is 1.69. The fourth-order valence-corrected chi connectivity index (χ4v) is 1.14. The summed E-state index contributed by atoms with van der Waals surface area (Å²) in [6.45, 7) is 4.23. The molecule has 0 aromatic heterocycles. The van der Waals surface area contributed by atoms with Gasteiger partial charge < -0.3 is 5.32 Å². The molecule has 0 saturated heterocycles. The molecule has 0 atom stereocenters. The first kappa shape index (κ1) is 14.0. The molecule has 0 fully saturated rings. The Bertz CT molecular complexity index is 281. The van der Waals surface area contributed by atoms with Gasteiger partial charge in [-0.05, 0) is 18.7 Å². The van der Waals surface area contributed by atoms with Crippen LogP contribution in [0.3, 0.4) is 0 Å². The van der Waals surface area contributed by atoms with Crippen LogP contribution in [0.25, 0.3) is 0 Å². The first-order valence-electron chi connectivity index (χ1n) is 4.85. The van der Waals surface area contributed by atoms with E-state index in [1.54, 1.807) is 13.1 Å². The summed E-state index contributed by atoms with van der Waals surface area (Å²) < 4.78 is 37.0. The third-order valence-electron chi connectivity index (χ3n) is 1.69. The van der Waals surface area contributed by atoms with Crippen molar-refractivity contribution < 1.29 is 13.2 Å². The minimum absolute atomic E-state index is 0.232. The molecular weight excluding hydrogens is 203 g/mol. The highest BCUT2D eigenvalue weighted by Gasteiger charge is 2.32. The van der Waals surface area contributed by atoms with E-state index in [4.69, 9.17) is 0 Å². The van der Waals surface area contributed by atoms with Crippen LogP contribution in [0, 0.1) is 0 Å². The lowest BCUT2D eigenvalue weighted by atomic mass is 10.1. The number of hydrogen-bond donors (Lipinski definition) is 1. The molecule has 86 valence electrons. The number of rotatable bonds is 2. The van der Waals surface area contributed by atoms with Crippen molar-refractivity contribution in [1.29, 1.82) is 0 Å². The molecule has 1 N–H and O–H groups in total. The van der Waals surface area contributed by atoms with Crippen LogP contribution in [0.2, 0.25) is 0 Å². The molecule has 0 saturated carbocycles. The van der Waals surface area contributed by atoms with Gasteiger partial charge in [0.05, 0.1) is 5.56 Å². The second-order valence-corrected chi connectivity index (χ2v) is 2.69. The summed E-state index contributed by atoms with van der Waals surface area (Å²) in [5.41, 5.74) is -0.290. The summed E-state index contributed by atoms with van der Waals surface area (Å²) in [6, 6.07) is 5.55. The van der Waals surface area contributed by atoms with Gasteiger partial charge in [0.15, 0.2) is 0 Å². The highest BCUT2D eigenvalue weighted by molar-refractivity contribution is 5.29. The summed E-state index contributed by atoms with van der Waals surface area (Å²) in [4.78, 5) is 0. The largest absolute Gasteiger partial charge is 0.416 e. The van der Waals surface area contributed by atoms with E-state index in [-0.39, 0.29) is 12.1 Å². The smallest absolute Gasteiger partial charge is 0.316 e. The first-order chi connectivity index (χ1) is 7.05. The lowest BCUT2D eigenvalue weighted by molar-refractivity contribution is -0.138. The molecule has 0 aliphatic carbocycles. The Kier molecular flexibility index (Phi) is 6.01. The van der Waals surface area contributed by atoms with Gasteiger partial charge in [-0.1, -0.05) is 32.0 Å². The molecule has 15 heavy (non-hydrogen) atoms. The van der Waals surface area contributed by atoms with E-state index in [0.29, 0.717) is 0 Å². The molecule has 0 radical (unpaired) electrons. The van der Waals surface area contributed by atoms with Crippen LogP contribution in [-0.2, 0) is 12.7 Å². The third kappa shape index (κ3) is 4.34. The van der Waals surface area contributed by atoms with Crippen LogP contribution < -0.4 is 5.32 Å². The predicted molar refractivity (Wildman–Crippen MR) is 55.6 cm³/mol. The van der Waals surface area contributed by atoms with Gasteiger partial charge in [-0.25, -0.2) is 0 Å². The van der Waals surface area contributed by atoms with Crippen LogP contribution in [0.1, 0.15) is 25.0 Å². The van der Waals surface area contributed by atoms with E-state index >= 15 is 0 Å². The second-order valence-electron chi connectivity index (χ2n) is 2.69. The molecule has 0 bridgehead atoms. The molecule has 0 unspecified atom stereocenters. The van der Waals surface area contributed by atoms with Crippen molar-refractivity contribution in [1.82, 2.24) is 5.32 Å². The van der Waals surface area contributed by atoms with E-state index in [1.807, 2.05) is 13.8 Å². The lowest BCUT2D eigenvalue weighted by Crippen LogP contribution is -2.13. The van der Waals surface area contributed by atoms with Gasteiger partial charge in [-0.2, -0.15) is 13.2 Å². The average molecular weight is 219 g/mol. The summed E-state index contributed by atoms with van der Waals surface area (Å²) in [6.07, 6.45) is -4.26. The average Bonchev–Trinajstić information content (AvgIpc) is 2.21. The molecule has 1 aromatic rings. The Morgan fingerprint density at radius 2 is 1.67 bits per heavy atom. The van der Waals surface area contributed by atoms with E-state index in [1.165, 1.54) is 12.1 Å². The Morgan fingerprint density at radius 3 is 2.13 bits per heavy atom. The van der Waals surface area contributed by atoms with E-state index in [9.17, 15) is 13.2 Å². The monoisotopic (exact) mass is 219 g/mol. The van der Waals surface area contributed by atoms with Crippen LogP contribution in [0.4, 0.5) is 13.2 Å². The summed E-state index contributed by atoms with van der Waals surface area (Å²) in [7, 11) is 1.62. The van der Waals surface area contributed by atoms with E-state index < -0.39 is 11.7 Å². The van der Waals surface area contributed by atoms with Crippen LogP contribution in [0.15, 0.2) is 24.3 Å². The van der Waals surface area contributed by atoms with Crippen LogP contribution in [0.5, 0.6) is 0 Å². The van der Waals surface area contributed by atoms with Gasteiger partial charge in [0.25, 0.3) is 0 Å². The van der Waals surface area contributed by atoms with Crippen molar-refractivity contribution in [3.63, 3.8) is 0 Å². The molecule has 1 nitrogen and oxygen atoms in total. The standard InChI is InChI=1S/C9H10F3N.C2H6/c1-13-6-7-4-2-3-5-8(7)9(10,11)12;1-2/h2-5,13H,6H2,1H3;1-2H3. The van der Waals surface area contributed by atoms with Gasteiger partial charge in [0, 0.05) is 6.54 Å². The first-order valence-corrected chi connectivity index (χ1v) is 4.85. The normalized spacial score (nSPS) is 10.5. The highest BCUT2D eigenvalue weighted by atomic mass is 19.4. The molecule has 4 heteroatoms. The second kappa shape index (κ2) is 6.45. The number of hydrogen-bond acceptors (Lipinski definition) is 1. The summed E-state index contributed by atoms with van der Waals surface area (Å²) >= 11 is 0. The molecule has 0 spiro atoms. The van der Waals surface area contributed by atoms with Crippen molar-refractivity contribution in [2.24, 2.45) is 0 Å². The minimum atomic E-state index is -4.26.